The topological polar surface area (TPSA) is 59.0 Å². The number of halogens is 1. The minimum atomic E-state index is -0.299. The second-order valence-corrected chi connectivity index (χ2v) is 8.35. The third kappa shape index (κ3) is 4.54. The maximum Gasteiger partial charge on any atom is 0.225 e. The number of carbonyl (C=O) groups is 1. The van der Waals surface area contributed by atoms with E-state index in [0.717, 1.165) is 43.5 Å². The van der Waals surface area contributed by atoms with Crippen LogP contribution in [0.3, 0.4) is 0 Å². The minimum absolute atomic E-state index is 0.0232. The van der Waals surface area contributed by atoms with Crippen molar-refractivity contribution in [3.63, 3.8) is 0 Å². The molecule has 5 nitrogen and oxygen atoms in total. The molecule has 0 bridgehead atoms. The molecule has 0 N–H and O–H groups in total. The van der Waals surface area contributed by atoms with Crippen LogP contribution in [-0.2, 0) is 4.79 Å². The van der Waals surface area contributed by atoms with Crippen molar-refractivity contribution in [2.24, 2.45) is 5.92 Å². The van der Waals surface area contributed by atoms with Crippen LogP contribution in [0.5, 0.6) is 0 Å². The van der Waals surface area contributed by atoms with E-state index >= 15 is 0 Å². The fourth-order valence-corrected chi connectivity index (χ4v) is 4.52. The third-order valence-corrected chi connectivity index (χ3v) is 6.36. The van der Waals surface area contributed by atoms with Crippen LogP contribution in [0.15, 0.2) is 55.0 Å². The van der Waals surface area contributed by atoms with Crippen molar-refractivity contribution < 1.29 is 9.18 Å². The van der Waals surface area contributed by atoms with Crippen molar-refractivity contribution >= 4 is 5.91 Å². The SMILES string of the molecule is CCC(CC)C(=O)N1CCCC(c2nc(-c3cccnc3)ncc2-c2ccccc2F)C1. The number of hydrogen-bond donors (Lipinski definition) is 0. The van der Waals surface area contributed by atoms with Gasteiger partial charge in [-0.25, -0.2) is 14.4 Å². The number of carbonyl (C=O) groups excluding carboxylic acids is 1. The van der Waals surface area contributed by atoms with Crippen molar-refractivity contribution in [2.75, 3.05) is 13.1 Å². The van der Waals surface area contributed by atoms with E-state index in [4.69, 9.17) is 4.98 Å². The van der Waals surface area contributed by atoms with Crippen LogP contribution in [0, 0.1) is 11.7 Å². The minimum Gasteiger partial charge on any atom is -0.342 e. The van der Waals surface area contributed by atoms with Gasteiger partial charge in [0.15, 0.2) is 5.82 Å². The second kappa shape index (κ2) is 9.98. The summed E-state index contributed by atoms with van der Waals surface area (Å²) in [6.45, 7) is 5.49. The van der Waals surface area contributed by atoms with Crippen molar-refractivity contribution in [1.82, 2.24) is 19.9 Å². The summed E-state index contributed by atoms with van der Waals surface area (Å²) in [7, 11) is 0. The van der Waals surface area contributed by atoms with Crippen LogP contribution < -0.4 is 0 Å². The van der Waals surface area contributed by atoms with E-state index in [1.54, 1.807) is 30.7 Å². The molecule has 6 heteroatoms. The zero-order valence-electron chi connectivity index (χ0n) is 18.7. The standard InChI is InChI=1S/C26H29FN4O/c1-3-18(4-2)26(32)31-14-8-10-20(17-31)24-22(21-11-5-6-12-23(21)27)16-29-25(30-24)19-9-7-13-28-15-19/h5-7,9,11-13,15-16,18,20H,3-4,8,10,14,17H2,1-2H3. The highest BCUT2D eigenvalue weighted by molar-refractivity contribution is 5.79. The highest BCUT2D eigenvalue weighted by Crippen LogP contribution is 2.35. The number of piperidine rings is 1. The quantitative estimate of drug-likeness (QED) is 0.517. The lowest BCUT2D eigenvalue weighted by atomic mass is 9.88. The Hall–Kier alpha value is -3.15. The van der Waals surface area contributed by atoms with Crippen molar-refractivity contribution in [3.8, 4) is 22.5 Å². The molecule has 32 heavy (non-hydrogen) atoms. The molecular formula is C26H29FN4O. The van der Waals surface area contributed by atoms with Crippen LogP contribution in [0.2, 0.25) is 0 Å². The summed E-state index contributed by atoms with van der Waals surface area (Å²) in [5.41, 5.74) is 2.79. The highest BCUT2D eigenvalue weighted by atomic mass is 19.1. The van der Waals surface area contributed by atoms with Gasteiger partial charge in [-0.1, -0.05) is 32.0 Å². The molecule has 1 atom stereocenters. The first kappa shape index (κ1) is 22.1. The Morgan fingerprint density at radius 2 is 1.94 bits per heavy atom. The first-order valence-electron chi connectivity index (χ1n) is 11.4. The molecule has 0 aliphatic carbocycles. The molecule has 1 aliphatic rings. The van der Waals surface area contributed by atoms with E-state index in [1.807, 2.05) is 23.1 Å². The Morgan fingerprint density at radius 1 is 1.12 bits per heavy atom. The lowest BCUT2D eigenvalue weighted by molar-refractivity contribution is -0.137. The fourth-order valence-electron chi connectivity index (χ4n) is 4.52. The van der Waals surface area contributed by atoms with Gasteiger partial charge in [0, 0.05) is 60.2 Å². The molecule has 1 unspecified atom stereocenters. The predicted octanol–water partition coefficient (Wildman–Crippen LogP) is 5.49. The van der Waals surface area contributed by atoms with E-state index in [0.29, 0.717) is 23.5 Å². The lowest BCUT2D eigenvalue weighted by Crippen LogP contribution is -2.42. The number of amides is 1. The summed E-state index contributed by atoms with van der Waals surface area (Å²) in [5.74, 6) is 0.559. The summed E-state index contributed by atoms with van der Waals surface area (Å²) >= 11 is 0. The summed E-state index contributed by atoms with van der Waals surface area (Å²) < 4.78 is 14.7. The van der Waals surface area contributed by atoms with Crippen LogP contribution in [0.25, 0.3) is 22.5 Å². The number of benzene rings is 1. The van der Waals surface area contributed by atoms with Crippen molar-refractivity contribution in [1.29, 1.82) is 0 Å². The van der Waals surface area contributed by atoms with Gasteiger partial charge in [0.25, 0.3) is 0 Å². The third-order valence-electron chi connectivity index (χ3n) is 6.36. The molecule has 1 aromatic carbocycles. The van der Waals surface area contributed by atoms with Gasteiger partial charge in [0.2, 0.25) is 5.91 Å². The molecule has 1 saturated heterocycles. The van der Waals surface area contributed by atoms with E-state index < -0.39 is 0 Å². The predicted molar refractivity (Wildman–Crippen MR) is 123 cm³/mol. The van der Waals surface area contributed by atoms with Crippen LogP contribution in [0.1, 0.15) is 51.1 Å². The zero-order chi connectivity index (χ0) is 22.5. The molecule has 0 saturated carbocycles. The fraction of sp³-hybridized carbons (Fsp3) is 0.385. The van der Waals surface area contributed by atoms with Crippen LogP contribution >= 0.6 is 0 Å². The van der Waals surface area contributed by atoms with Gasteiger partial charge in [-0.3, -0.25) is 9.78 Å². The molecule has 1 amide bonds. The molecular weight excluding hydrogens is 403 g/mol. The van der Waals surface area contributed by atoms with Gasteiger partial charge in [-0.15, -0.1) is 0 Å². The Balaban J connectivity index is 1.75. The smallest absolute Gasteiger partial charge is 0.225 e. The van der Waals surface area contributed by atoms with Gasteiger partial charge in [-0.05, 0) is 43.9 Å². The summed E-state index contributed by atoms with van der Waals surface area (Å²) in [6.07, 6.45) is 8.64. The first-order chi connectivity index (χ1) is 15.6. The molecule has 1 fully saturated rings. The van der Waals surface area contributed by atoms with Gasteiger partial charge in [-0.2, -0.15) is 0 Å². The van der Waals surface area contributed by atoms with E-state index in [-0.39, 0.29) is 23.6 Å². The number of rotatable bonds is 6. The Morgan fingerprint density at radius 3 is 2.66 bits per heavy atom. The molecule has 1 aliphatic heterocycles. The molecule has 3 heterocycles. The van der Waals surface area contributed by atoms with Gasteiger partial charge >= 0.3 is 0 Å². The van der Waals surface area contributed by atoms with Crippen molar-refractivity contribution in [3.05, 3.63) is 66.5 Å². The van der Waals surface area contributed by atoms with E-state index in [2.05, 4.69) is 23.8 Å². The molecule has 0 radical (unpaired) electrons. The lowest BCUT2D eigenvalue weighted by Gasteiger charge is -2.35. The maximum atomic E-state index is 14.7. The number of hydrogen-bond acceptors (Lipinski definition) is 4. The number of nitrogens with zero attached hydrogens (tertiary/aromatic N) is 4. The average molecular weight is 433 g/mol. The van der Waals surface area contributed by atoms with Gasteiger partial charge in [0.05, 0.1) is 5.69 Å². The maximum absolute atomic E-state index is 14.7. The molecule has 3 aromatic rings. The van der Waals surface area contributed by atoms with Gasteiger partial charge < -0.3 is 4.90 Å². The number of likely N-dealkylation sites (tertiary alicyclic amines) is 1. The van der Waals surface area contributed by atoms with E-state index in [1.165, 1.54) is 6.07 Å². The molecule has 4 rings (SSSR count). The molecule has 2 aromatic heterocycles. The first-order valence-corrected chi connectivity index (χ1v) is 11.4. The summed E-state index contributed by atoms with van der Waals surface area (Å²) in [4.78, 5) is 28.7. The Kier molecular flexibility index (Phi) is 6.88. The monoisotopic (exact) mass is 432 g/mol. The highest BCUT2D eigenvalue weighted by Gasteiger charge is 2.30. The van der Waals surface area contributed by atoms with Crippen LogP contribution in [-0.4, -0.2) is 38.8 Å². The van der Waals surface area contributed by atoms with Gasteiger partial charge in [0.1, 0.15) is 5.82 Å². The molecule has 0 spiro atoms. The molecule has 166 valence electrons. The number of aromatic nitrogens is 3. The summed E-state index contributed by atoms with van der Waals surface area (Å²) in [5, 5.41) is 0. The largest absolute Gasteiger partial charge is 0.342 e. The Bertz CT molecular complexity index is 1070. The number of pyridine rings is 1. The Labute approximate surface area is 188 Å². The average Bonchev–Trinajstić information content (AvgIpc) is 2.85. The van der Waals surface area contributed by atoms with Crippen molar-refractivity contribution in [2.45, 2.75) is 45.4 Å². The normalized spacial score (nSPS) is 16.4. The summed E-state index contributed by atoms with van der Waals surface area (Å²) in [6, 6.07) is 10.5. The zero-order valence-corrected chi connectivity index (χ0v) is 18.7. The van der Waals surface area contributed by atoms with E-state index in [9.17, 15) is 9.18 Å². The van der Waals surface area contributed by atoms with Crippen LogP contribution in [0.4, 0.5) is 4.39 Å². The second-order valence-electron chi connectivity index (χ2n) is 8.35.